The molecule has 2 aromatic carbocycles. The predicted molar refractivity (Wildman–Crippen MR) is 79.5 cm³/mol. The second kappa shape index (κ2) is 4.77. The molecule has 5 nitrogen and oxygen atoms in total. The number of rotatable bonds is 3. The highest BCUT2D eigenvalue weighted by Crippen LogP contribution is 2.29. The molecule has 5 heteroatoms. The second-order valence-corrected chi connectivity index (χ2v) is 4.45. The summed E-state index contributed by atoms with van der Waals surface area (Å²) in [7, 11) is 3.53. The van der Waals surface area contributed by atoms with Gasteiger partial charge in [0.15, 0.2) is 5.58 Å². The number of benzene rings is 2. The van der Waals surface area contributed by atoms with Gasteiger partial charge in [0.25, 0.3) is 0 Å². The molecule has 1 heterocycles. The van der Waals surface area contributed by atoms with Crippen LogP contribution < -0.4 is 15.4 Å². The number of aromatic nitrogens is 1. The number of fused-ring (bicyclic) bond motifs is 1. The first-order valence-electron chi connectivity index (χ1n) is 6.22. The highest BCUT2D eigenvalue weighted by molar-refractivity contribution is 5.86. The van der Waals surface area contributed by atoms with Crippen LogP contribution in [0.1, 0.15) is 0 Å². The lowest BCUT2D eigenvalue weighted by molar-refractivity contribution is 0.415. The van der Waals surface area contributed by atoms with Crippen molar-refractivity contribution < 1.29 is 9.15 Å². The Morgan fingerprint density at radius 2 is 1.90 bits per heavy atom. The number of hydrogen-bond acceptors (Lipinski definition) is 5. The number of nitrogens with two attached hydrogens (primary N) is 1. The number of para-hydroxylation sites is 1. The Kier molecular flexibility index (Phi) is 2.95. The summed E-state index contributed by atoms with van der Waals surface area (Å²) >= 11 is 0. The Bertz CT molecular complexity index is 734. The first-order chi connectivity index (χ1) is 9.69. The van der Waals surface area contributed by atoms with E-state index in [1.807, 2.05) is 54.4 Å². The highest BCUT2D eigenvalue weighted by atomic mass is 16.5. The van der Waals surface area contributed by atoms with Gasteiger partial charge in [0.2, 0.25) is 0 Å². The van der Waals surface area contributed by atoms with E-state index in [1.165, 1.54) is 0 Å². The minimum atomic E-state index is 0.503. The Labute approximate surface area is 116 Å². The minimum absolute atomic E-state index is 0.503. The SMILES string of the molecule is COc1ccc(N(C)c2nc3c(N)cccc3o2)cc1. The van der Waals surface area contributed by atoms with Crippen LogP contribution >= 0.6 is 0 Å². The Morgan fingerprint density at radius 1 is 1.15 bits per heavy atom. The number of nitrogens with zero attached hydrogens (tertiary/aromatic N) is 2. The molecule has 20 heavy (non-hydrogen) atoms. The zero-order chi connectivity index (χ0) is 14.1. The summed E-state index contributed by atoms with van der Waals surface area (Å²) < 4.78 is 10.9. The number of hydrogen-bond donors (Lipinski definition) is 1. The average Bonchev–Trinajstić information content (AvgIpc) is 2.92. The molecule has 3 rings (SSSR count). The van der Waals surface area contributed by atoms with Crippen LogP contribution in [0.4, 0.5) is 17.4 Å². The molecule has 3 aromatic rings. The highest BCUT2D eigenvalue weighted by Gasteiger charge is 2.13. The van der Waals surface area contributed by atoms with E-state index in [0.29, 0.717) is 22.8 Å². The molecule has 0 aliphatic heterocycles. The van der Waals surface area contributed by atoms with Crippen LogP contribution in [0, 0.1) is 0 Å². The van der Waals surface area contributed by atoms with Gasteiger partial charge in [-0.25, -0.2) is 0 Å². The lowest BCUT2D eigenvalue weighted by atomic mass is 10.3. The van der Waals surface area contributed by atoms with Gasteiger partial charge >= 0.3 is 6.01 Å². The van der Waals surface area contributed by atoms with Crippen LogP contribution in [-0.2, 0) is 0 Å². The van der Waals surface area contributed by atoms with Gasteiger partial charge in [-0.1, -0.05) is 6.07 Å². The van der Waals surface area contributed by atoms with Crippen LogP contribution in [0.5, 0.6) is 5.75 Å². The molecular formula is C15H15N3O2. The lowest BCUT2D eigenvalue weighted by Crippen LogP contribution is -2.09. The molecule has 0 aliphatic carbocycles. The predicted octanol–water partition coefficient (Wildman–Crippen LogP) is 3.19. The van der Waals surface area contributed by atoms with Crippen molar-refractivity contribution in [3.63, 3.8) is 0 Å². The third kappa shape index (κ3) is 2.03. The maximum atomic E-state index is 5.89. The molecule has 0 radical (unpaired) electrons. The van der Waals surface area contributed by atoms with Crippen molar-refractivity contribution in [1.82, 2.24) is 4.98 Å². The van der Waals surface area contributed by atoms with Crippen molar-refractivity contribution in [2.45, 2.75) is 0 Å². The molecule has 2 N–H and O–H groups in total. The molecule has 1 aromatic heterocycles. The third-order valence-corrected chi connectivity index (χ3v) is 3.19. The molecule has 0 unspecified atom stereocenters. The lowest BCUT2D eigenvalue weighted by Gasteiger charge is -2.14. The molecular weight excluding hydrogens is 254 g/mol. The van der Waals surface area contributed by atoms with Crippen molar-refractivity contribution in [2.24, 2.45) is 0 Å². The maximum absolute atomic E-state index is 5.89. The van der Waals surface area contributed by atoms with E-state index in [2.05, 4.69) is 4.98 Å². The number of anilines is 3. The molecule has 0 spiro atoms. The summed E-state index contributed by atoms with van der Waals surface area (Å²) in [5.74, 6) is 0.809. The summed E-state index contributed by atoms with van der Waals surface area (Å²) in [5.41, 5.74) is 8.82. The topological polar surface area (TPSA) is 64.5 Å². The van der Waals surface area contributed by atoms with E-state index in [4.69, 9.17) is 14.9 Å². The quantitative estimate of drug-likeness (QED) is 0.740. The van der Waals surface area contributed by atoms with Crippen LogP contribution in [-0.4, -0.2) is 19.1 Å². The van der Waals surface area contributed by atoms with Gasteiger partial charge in [0.1, 0.15) is 11.3 Å². The Morgan fingerprint density at radius 3 is 2.55 bits per heavy atom. The number of ether oxygens (including phenoxy) is 1. The molecule has 0 saturated heterocycles. The summed E-state index contributed by atoms with van der Waals surface area (Å²) in [6.07, 6.45) is 0. The summed E-state index contributed by atoms with van der Waals surface area (Å²) in [6, 6.07) is 13.7. The second-order valence-electron chi connectivity index (χ2n) is 4.45. The van der Waals surface area contributed by atoms with Crippen LogP contribution in [0.25, 0.3) is 11.1 Å². The average molecular weight is 269 g/mol. The molecule has 0 aliphatic rings. The van der Waals surface area contributed by atoms with Gasteiger partial charge in [-0.15, -0.1) is 0 Å². The van der Waals surface area contributed by atoms with Crippen molar-refractivity contribution in [2.75, 3.05) is 24.8 Å². The number of methoxy groups -OCH3 is 1. The van der Waals surface area contributed by atoms with E-state index in [0.717, 1.165) is 11.4 Å². The van der Waals surface area contributed by atoms with E-state index in [9.17, 15) is 0 Å². The molecule has 102 valence electrons. The normalized spacial score (nSPS) is 10.7. The summed E-state index contributed by atoms with van der Waals surface area (Å²) in [6.45, 7) is 0. The van der Waals surface area contributed by atoms with Crippen molar-refractivity contribution >= 4 is 28.5 Å². The maximum Gasteiger partial charge on any atom is 0.302 e. The summed E-state index contributed by atoms with van der Waals surface area (Å²) in [5, 5.41) is 0. The van der Waals surface area contributed by atoms with Crippen LogP contribution in [0.3, 0.4) is 0 Å². The van der Waals surface area contributed by atoms with Gasteiger partial charge in [-0.05, 0) is 36.4 Å². The van der Waals surface area contributed by atoms with Gasteiger partial charge in [0.05, 0.1) is 12.8 Å². The summed E-state index contributed by atoms with van der Waals surface area (Å²) in [4.78, 5) is 6.29. The minimum Gasteiger partial charge on any atom is -0.497 e. The zero-order valence-corrected chi connectivity index (χ0v) is 11.3. The van der Waals surface area contributed by atoms with E-state index in [1.54, 1.807) is 7.11 Å². The Balaban J connectivity index is 1.98. The number of nitrogen functional groups attached to an aromatic ring is 1. The fourth-order valence-corrected chi connectivity index (χ4v) is 2.02. The first-order valence-corrected chi connectivity index (χ1v) is 6.22. The van der Waals surface area contributed by atoms with Crippen molar-refractivity contribution in [3.8, 4) is 5.75 Å². The smallest absolute Gasteiger partial charge is 0.302 e. The standard InChI is InChI=1S/C15H15N3O2/c1-18(10-6-8-11(19-2)9-7-10)15-17-14-12(16)4-3-5-13(14)20-15/h3-9H,16H2,1-2H3. The fourth-order valence-electron chi connectivity index (χ4n) is 2.02. The fraction of sp³-hybridized carbons (Fsp3) is 0.133. The van der Waals surface area contributed by atoms with E-state index < -0.39 is 0 Å². The molecule has 0 fully saturated rings. The largest absolute Gasteiger partial charge is 0.497 e. The molecule has 0 saturated carbocycles. The Hall–Kier alpha value is -2.69. The molecule has 0 atom stereocenters. The van der Waals surface area contributed by atoms with Crippen molar-refractivity contribution in [3.05, 3.63) is 42.5 Å². The van der Waals surface area contributed by atoms with Gasteiger partial charge in [0, 0.05) is 12.7 Å². The third-order valence-electron chi connectivity index (χ3n) is 3.19. The first kappa shape index (κ1) is 12.3. The van der Waals surface area contributed by atoms with Gasteiger partial charge in [-0.3, -0.25) is 4.90 Å². The van der Waals surface area contributed by atoms with Gasteiger partial charge < -0.3 is 14.9 Å². The molecule has 0 amide bonds. The van der Waals surface area contributed by atoms with Gasteiger partial charge in [-0.2, -0.15) is 4.98 Å². The monoisotopic (exact) mass is 269 g/mol. The number of oxazole rings is 1. The van der Waals surface area contributed by atoms with E-state index in [-0.39, 0.29) is 0 Å². The van der Waals surface area contributed by atoms with Crippen molar-refractivity contribution in [1.29, 1.82) is 0 Å². The van der Waals surface area contributed by atoms with E-state index >= 15 is 0 Å². The zero-order valence-electron chi connectivity index (χ0n) is 11.3. The van der Waals surface area contributed by atoms with Crippen LogP contribution in [0.2, 0.25) is 0 Å². The molecule has 0 bridgehead atoms. The van der Waals surface area contributed by atoms with Crippen LogP contribution in [0.15, 0.2) is 46.9 Å².